The summed E-state index contributed by atoms with van der Waals surface area (Å²) in [6, 6.07) is 9.32. The lowest BCUT2D eigenvalue weighted by Gasteiger charge is -2.26. The Balaban J connectivity index is 2.61. The maximum absolute atomic E-state index is 11.6. The normalized spacial score (nSPS) is 13.2. The van der Waals surface area contributed by atoms with Gasteiger partial charge in [0.05, 0.1) is 5.41 Å². The smallest absolute Gasteiger partial charge is 0.331 e. The van der Waals surface area contributed by atoms with Gasteiger partial charge in [-0.2, -0.15) is 0 Å². The summed E-state index contributed by atoms with van der Waals surface area (Å²) in [6.07, 6.45) is 2.21. The number of rotatable bonds is 5. The molecular formula is C15H18O4. The Morgan fingerprint density at radius 2 is 1.84 bits per heavy atom. The first-order chi connectivity index (χ1) is 8.84. The number of carbonyl (C=O) groups excluding carboxylic acids is 1. The molecule has 1 aromatic carbocycles. The number of hydrogen-bond donors (Lipinski definition) is 1. The predicted molar refractivity (Wildman–Crippen MR) is 72.4 cm³/mol. The number of carbonyl (C=O) groups is 2. The van der Waals surface area contributed by atoms with E-state index >= 15 is 0 Å². The topological polar surface area (TPSA) is 63.6 Å². The number of carboxylic acids is 1. The molecule has 0 spiro atoms. The van der Waals surface area contributed by atoms with Crippen LogP contribution < -0.4 is 0 Å². The molecule has 102 valence electrons. The minimum atomic E-state index is -1.11. The van der Waals surface area contributed by atoms with Crippen LogP contribution in [0.5, 0.6) is 0 Å². The Labute approximate surface area is 112 Å². The average Bonchev–Trinajstić information content (AvgIpc) is 2.37. The molecule has 0 aliphatic heterocycles. The number of aliphatic carboxylic acids is 1. The van der Waals surface area contributed by atoms with Crippen LogP contribution in [0.15, 0.2) is 36.4 Å². The van der Waals surface area contributed by atoms with Crippen molar-refractivity contribution in [2.45, 2.75) is 26.9 Å². The third kappa shape index (κ3) is 4.25. The molecule has 4 nitrogen and oxygen atoms in total. The molecule has 1 unspecified atom stereocenters. The van der Waals surface area contributed by atoms with Crippen LogP contribution in [0.4, 0.5) is 0 Å². The minimum Gasteiger partial charge on any atom is -0.481 e. The number of esters is 1. The lowest BCUT2D eigenvalue weighted by molar-refractivity contribution is -0.161. The Morgan fingerprint density at radius 1 is 1.26 bits per heavy atom. The van der Waals surface area contributed by atoms with Crippen molar-refractivity contribution < 1.29 is 19.4 Å². The first-order valence-corrected chi connectivity index (χ1v) is 6.01. The van der Waals surface area contributed by atoms with E-state index in [1.807, 2.05) is 30.3 Å². The molecule has 1 N–H and O–H groups in total. The molecule has 1 aromatic rings. The molecule has 0 saturated carbocycles. The number of carboxylic acid groups (broad SMARTS) is 1. The Kier molecular flexibility index (Phi) is 4.87. The standard InChI is InChI=1S/C15H18O4/c1-11(15(2,3)14(17)18)19-13(16)10-9-12-7-5-4-6-8-12/h4-11H,1-3H3,(H,17,18). The second-order valence-electron chi connectivity index (χ2n) is 4.85. The average molecular weight is 262 g/mol. The molecular weight excluding hydrogens is 244 g/mol. The fraction of sp³-hybridized carbons (Fsp3) is 0.333. The van der Waals surface area contributed by atoms with Gasteiger partial charge in [-0.25, -0.2) is 4.79 Å². The van der Waals surface area contributed by atoms with Gasteiger partial charge in [-0.1, -0.05) is 30.3 Å². The van der Waals surface area contributed by atoms with Crippen molar-refractivity contribution in [1.29, 1.82) is 0 Å². The van der Waals surface area contributed by atoms with Crippen LogP contribution in [0.2, 0.25) is 0 Å². The maximum atomic E-state index is 11.6. The molecule has 0 fully saturated rings. The van der Waals surface area contributed by atoms with Crippen molar-refractivity contribution in [3.63, 3.8) is 0 Å². The van der Waals surface area contributed by atoms with Gasteiger partial charge in [0.15, 0.2) is 0 Å². The SMILES string of the molecule is CC(OC(=O)C=Cc1ccccc1)C(C)(C)C(=O)O. The number of hydrogen-bond acceptors (Lipinski definition) is 3. The van der Waals surface area contributed by atoms with Crippen LogP contribution in [-0.2, 0) is 14.3 Å². The summed E-state index contributed by atoms with van der Waals surface area (Å²) in [6.45, 7) is 4.62. The van der Waals surface area contributed by atoms with Crippen LogP contribution in [0.3, 0.4) is 0 Å². The van der Waals surface area contributed by atoms with E-state index < -0.39 is 23.5 Å². The highest BCUT2D eigenvalue weighted by Gasteiger charge is 2.36. The highest BCUT2D eigenvalue weighted by Crippen LogP contribution is 2.23. The molecule has 0 heterocycles. The zero-order valence-electron chi connectivity index (χ0n) is 11.3. The summed E-state index contributed by atoms with van der Waals surface area (Å²) in [7, 11) is 0. The van der Waals surface area contributed by atoms with Crippen LogP contribution >= 0.6 is 0 Å². The fourth-order valence-corrected chi connectivity index (χ4v) is 1.26. The summed E-state index contributed by atoms with van der Waals surface area (Å²) in [4.78, 5) is 22.6. The largest absolute Gasteiger partial charge is 0.481 e. The highest BCUT2D eigenvalue weighted by molar-refractivity contribution is 5.87. The lowest BCUT2D eigenvalue weighted by atomic mass is 9.88. The lowest BCUT2D eigenvalue weighted by Crippen LogP contribution is -2.38. The number of ether oxygens (including phenoxy) is 1. The molecule has 1 atom stereocenters. The van der Waals surface area contributed by atoms with Gasteiger partial charge in [-0.3, -0.25) is 4.79 Å². The fourth-order valence-electron chi connectivity index (χ4n) is 1.26. The van der Waals surface area contributed by atoms with E-state index in [1.54, 1.807) is 13.0 Å². The molecule has 0 aromatic heterocycles. The second-order valence-corrected chi connectivity index (χ2v) is 4.85. The molecule has 0 aliphatic rings. The van der Waals surface area contributed by atoms with Crippen LogP contribution in [-0.4, -0.2) is 23.1 Å². The zero-order valence-corrected chi connectivity index (χ0v) is 11.3. The summed E-state index contributed by atoms with van der Waals surface area (Å²) in [5.41, 5.74) is -0.236. The first kappa shape index (κ1) is 15.0. The van der Waals surface area contributed by atoms with Crippen molar-refractivity contribution in [2.75, 3.05) is 0 Å². The third-order valence-corrected chi connectivity index (χ3v) is 3.07. The number of benzene rings is 1. The molecule has 0 aliphatic carbocycles. The van der Waals surface area contributed by atoms with E-state index in [0.717, 1.165) is 5.56 Å². The van der Waals surface area contributed by atoms with Gasteiger partial charge in [-0.05, 0) is 32.4 Å². The molecule has 0 saturated heterocycles. The first-order valence-electron chi connectivity index (χ1n) is 6.01. The minimum absolute atomic E-state index is 0.550. The van der Waals surface area contributed by atoms with Gasteiger partial charge >= 0.3 is 11.9 Å². The Morgan fingerprint density at radius 3 is 2.37 bits per heavy atom. The Bertz CT molecular complexity index is 474. The van der Waals surface area contributed by atoms with E-state index in [4.69, 9.17) is 9.84 Å². The molecule has 19 heavy (non-hydrogen) atoms. The summed E-state index contributed by atoms with van der Waals surface area (Å²) in [5, 5.41) is 9.02. The predicted octanol–water partition coefficient (Wildman–Crippen LogP) is 2.74. The van der Waals surface area contributed by atoms with Crippen molar-refractivity contribution >= 4 is 18.0 Å². The van der Waals surface area contributed by atoms with Crippen molar-refractivity contribution in [3.05, 3.63) is 42.0 Å². The van der Waals surface area contributed by atoms with Crippen LogP contribution in [0.25, 0.3) is 6.08 Å². The zero-order chi connectivity index (χ0) is 14.5. The monoisotopic (exact) mass is 262 g/mol. The third-order valence-electron chi connectivity index (χ3n) is 3.07. The van der Waals surface area contributed by atoms with Gasteiger partial charge in [0, 0.05) is 6.08 Å². The molecule has 1 rings (SSSR count). The molecule has 0 radical (unpaired) electrons. The van der Waals surface area contributed by atoms with Crippen molar-refractivity contribution in [1.82, 2.24) is 0 Å². The van der Waals surface area contributed by atoms with E-state index in [2.05, 4.69) is 0 Å². The summed E-state index contributed by atoms with van der Waals surface area (Å²) >= 11 is 0. The molecule has 0 bridgehead atoms. The highest BCUT2D eigenvalue weighted by atomic mass is 16.5. The van der Waals surface area contributed by atoms with Gasteiger partial charge in [0.2, 0.25) is 0 Å². The summed E-state index contributed by atoms with van der Waals surface area (Å²) in [5.74, 6) is -1.55. The van der Waals surface area contributed by atoms with Crippen molar-refractivity contribution in [2.24, 2.45) is 5.41 Å². The van der Waals surface area contributed by atoms with Gasteiger partial charge < -0.3 is 9.84 Å². The van der Waals surface area contributed by atoms with Gasteiger partial charge in [0.25, 0.3) is 0 Å². The van der Waals surface area contributed by atoms with Crippen molar-refractivity contribution in [3.8, 4) is 0 Å². The van der Waals surface area contributed by atoms with Gasteiger partial charge in [-0.15, -0.1) is 0 Å². The van der Waals surface area contributed by atoms with E-state index in [9.17, 15) is 9.59 Å². The van der Waals surface area contributed by atoms with E-state index in [0.29, 0.717) is 0 Å². The quantitative estimate of drug-likeness (QED) is 0.654. The second kappa shape index (κ2) is 6.18. The van der Waals surface area contributed by atoms with E-state index in [-0.39, 0.29) is 0 Å². The van der Waals surface area contributed by atoms with Gasteiger partial charge in [0.1, 0.15) is 6.10 Å². The van der Waals surface area contributed by atoms with Crippen LogP contribution in [0, 0.1) is 5.41 Å². The van der Waals surface area contributed by atoms with E-state index in [1.165, 1.54) is 19.9 Å². The van der Waals surface area contributed by atoms with Crippen LogP contribution in [0.1, 0.15) is 26.3 Å². The maximum Gasteiger partial charge on any atom is 0.331 e. The molecule has 0 amide bonds. The Hall–Kier alpha value is -2.10. The molecule has 4 heteroatoms. The summed E-state index contributed by atoms with van der Waals surface area (Å²) < 4.78 is 5.09.